The lowest BCUT2D eigenvalue weighted by Crippen LogP contribution is -2.48. The molecule has 0 unspecified atom stereocenters. The van der Waals surface area contributed by atoms with Crippen LogP contribution >= 0.6 is 15.9 Å². The molecule has 25 heavy (non-hydrogen) atoms. The summed E-state index contributed by atoms with van der Waals surface area (Å²) < 4.78 is 9.45. The van der Waals surface area contributed by atoms with Crippen molar-refractivity contribution in [2.24, 2.45) is 23.2 Å². The van der Waals surface area contributed by atoms with Crippen molar-refractivity contribution in [3.8, 4) is 5.88 Å². The second-order valence-electron chi connectivity index (χ2n) is 9.24. The Morgan fingerprint density at radius 2 is 1.72 bits per heavy atom. The molecule has 0 aromatic carbocycles. The first-order valence-electron chi connectivity index (χ1n) is 9.85. The average molecular weight is 402 g/mol. The summed E-state index contributed by atoms with van der Waals surface area (Å²) in [5.41, 5.74) is 2.65. The van der Waals surface area contributed by atoms with Crippen molar-refractivity contribution >= 4 is 21.6 Å². The minimum Gasteiger partial charge on any atom is -0.478 e. The van der Waals surface area contributed by atoms with E-state index >= 15 is 0 Å². The molecule has 2 aromatic rings. The summed E-state index contributed by atoms with van der Waals surface area (Å²) in [6.07, 6.45) is 11.2. The molecule has 5 saturated carbocycles. The molecule has 0 saturated heterocycles. The molecule has 4 bridgehead atoms. The summed E-state index contributed by atoms with van der Waals surface area (Å²) in [6.45, 7) is 0.875. The van der Waals surface area contributed by atoms with Crippen LogP contribution in [0.3, 0.4) is 0 Å². The summed E-state index contributed by atoms with van der Waals surface area (Å²) >= 11 is 3.56. The minimum absolute atomic E-state index is 0.429. The Hall–Kier alpha value is -1.10. The number of hydrogen-bond acceptors (Lipinski definition) is 3. The van der Waals surface area contributed by atoms with Crippen LogP contribution in [0.1, 0.15) is 62.8 Å². The van der Waals surface area contributed by atoms with E-state index in [1.807, 2.05) is 0 Å². The SMILES string of the molecule is Brc1nnc2ccc(C3CC3)c(OCC34CC5CC(CC(C5)C3)C4)n12. The van der Waals surface area contributed by atoms with Crippen LogP contribution in [-0.4, -0.2) is 21.2 Å². The average Bonchev–Trinajstić information content (AvgIpc) is 3.35. The molecule has 0 radical (unpaired) electrons. The molecule has 0 spiro atoms. The van der Waals surface area contributed by atoms with Gasteiger partial charge in [-0.2, -0.15) is 0 Å². The van der Waals surface area contributed by atoms with E-state index < -0.39 is 0 Å². The van der Waals surface area contributed by atoms with Crippen molar-refractivity contribution in [3.05, 3.63) is 22.4 Å². The lowest BCUT2D eigenvalue weighted by Gasteiger charge is -2.56. The van der Waals surface area contributed by atoms with Gasteiger partial charge in [0.15, 0.2) is 5.65 Å². The number of pyridine rings is 1. The van der Waals surface area contributed by atoms with Crippen LogP contribution in [0.15, 0.2) is 16.9 Å². The van der Waals surface area contributed by atoms with E-state index in [0.29, 0.717) is 11.3 Å². The molecule has 5 fully saturated rings. The topological polar surface area (TPSA) is 39.4 Å². The van der Waals surface area contributed by atoms with Gasteiger partial charge in [-0.15, -0.1) is 10.2 Å². The summed E-state index contributed by atoms with van der Waals surface area (Å²) in [5, 5.41) is 8.46. The highest BCUT2D eigenvalue weighted by molar-refractivity contribution is 9.10. The monoisotopic (exact) mass is 401 g/mol. The summed E-state index contributed by atoms with van der Waals surface area (Å²) in [4.78, 5) is 0. The van der Waals surface area contributed by atoms with Gasteiger partial charge in [-0.3, -0.25) is 0 Å². The van der Waals surface area contributed by atoms with Crippen molar-refractivity contribution in [2.45, 2.75) is 57.3 Å². The normalized spacial score (nSPS) is 36.3. The van der Waals surface area contributed by atoms with E-state index in [4.69, 9.17) is 4.74 Å². The van der Waals surface area contributed by atoms with E-state index in [-0.39, 0.29) is 0 Å². The first kappa shape index (κ1) is 15.0. The molecular weight excluding hydrogens is 378 g/mol. The van der Waals surface area contributed by atoms with Gasteiger partial charge in [0, 0.05) is 11.0 Å². The Kier molecular flexibility index (Phi) is 3.13. The first-order valence-corrected chi connectivity index (χ1v) is 10.6. The zero-order valence-electron chi connectivity index (χ0n) is 14.5. The van der Waals surface area contributed by atoms with Gasteiger partial charge >= 0.3 is 0 Å². The third-order valence-corrected chi connectivity index (χ3v) is 7.72. The maximum absolute atomic E-state index is 6.63. The Morgan fingerprint density at radius 3 is 2.36 bits per heavy atom. The van der Waals surface area contributed by atoms with Gasteiger partial charge in [0.1, 0.15) is 0 Å². The highest BCUT2D eigenvalue weighted by atomic mass is 79.9. The Balaban J connectivity index is 1.35. The van der Waals surface area contributed by atoms with Crippen molar-refractivity contribution in [1.82, 2.24) is 14.6 Å². The van der Waals surface area contributed by atoms with Gasteiger partial charge in [-0.05, 0) is 103 Å². The molecule has 0 amide bonds. The Bertz CT molecular complexity index is 806. The maximum Gasteiger partial charge on any atom is 0.207 e. The zero-order valence-corrected chi connectivity index (χ0v) is 16.0. The number of halogens is 1. The second-order valence-corrected chi connectivity index (χ2v) is 9.95. The van der Waals surface area contributed by atoms with E-state index in [1.54, 1.807) is 0 Å². The maximum atomic E-state index is 6.63. The summed E-state index contributed by atoms with van der Waals surface area (Å²) in [7, 11) is 0. The number of rotatable bonds is 4. The predicted octanol–water partition coefficient (Wildman–Crippen LogP) is 4.96. The molecular formula is C20H24BrN3O. The fourth-order valence-electron chi connectivity index (χ4n) is 6.48. The number of ether oxygens (including phenoxy) is 1. The summed E-state index contributed by atoms with van der Waals surface area (Å²) in [6, 6.07) is 4.28. The fourth-order valence-corrected chi connectivity index (χ4v) is 6.90. The number of fused-ring (bicyclic) bond motifs is 1. The molecule has 2 aromatic heterocycles. The van der Waals surface area contributed by atoms with E-state index in [0.717, 1.165) is 40.6 Å². The largest absolute Gasteiger partial charge is 0.478 e. The van der Waals surface area contributed by atoms with Gasteiger partial charge in [0.2, 0.25) is 10.6 Å². The van der Waals surface area contributed by atoms with Crippen molar-refractivity contribution < 1.29 is 4.74 Å². The highest BCUT2D eigenvalue weighted by Crippen LogP contribution is 2.60. The highest BCUT2D eigenvalue weighted by Gasteiger charge is 2.51. The third kappa shape index (κ3) is 2.37. The van der Waals surface area contributed by atoms with E-state index in [9.17, 15) is 0 Å². The molecule has 2 heterocycles. The lowest BCUT2D eigenvalue weighted by atomic mass is 9.50. The molecule has 5 aliphatic carbocycles. The molecule has 132 valence electrons. The molecule has 5 aliphatic rings. The number of nitrogens with zero attached hydrogens (tertiary/aromatic N) is 3. The van der Waals surface area contributed by atoms with Crippen molar-refractivity contribution in [1.29, 1.82) is 0 Å². The van der Waals surface area contributed by atoms with Crippen LogP contribution < -0.4 is 4.74 Å². The zero-order chi connectivity index (χ0) is 16.6. The van der Waals surface area contributed by atoms with Crippen molar-refractivity contribution in [2.75, 3.05) is 6.61 Å². The number of hydrogen-bond donors (Lipinski definition) is 0. The lowest BCUT2D eigenvalue weighted by molar-refractivity contribution is -0.0754. The summed E-state index contributed by atoms with van der Waals surface area (Å²) in [5.74, 6) is 4.55. The molecule has 5 heteroatoms. The fraction of sp³-hybridized carbons (Fsp3) is 0.700. The van der Waals surface area contributed by atoms with Crippen LogP contribution in [0.5, 0.6) is 5.88 Å². The molecule has 0 aliphatic heterocycles. The minimum atomic E-state index is 0.429. The van der Waals surface area contributed by atoms with E-state index in [1.165, 1.54) is 56.9 Å². The van der Waals surface area contributed by atoms with E-state index in [2.05, 4.69) is 42.7 Å². The molecule has 0 N–H and O–H groups in total. The standard InChI is InChI=1S/C20H24BrN3O/c21-19-23-22-17-4-3-16(15-1-2-15)18(24(17)19)25-11-20-8-12-5-13(9-20)7-14(6-12)10-20/h3-4,12-15H,1-2,5-11H2. The van der Waals surface area contributed by atoms with Crippen LogP contribution in [-0.2, 0) is 0 Å². The smallest absolute Gasteiger partial charge is 0.207 e. The van der Waals surface area contributed by atoms with Gasteiger partial charge < -0.3 is 4.74 Å². The van der Waals surface area contributed by atoms with Crippen LogP contribution in [0.4, 0.5) is 0 Å². The first-order chi connectivity index (χ1) is 12.2. The quantitative estimate of drug-likeness (QED) is 0.726. The Labute approximate surface area is 156 Å². The van der Waals surface area contributed by atoms with Gasteiger partial charge in [0.05, 0.1) is 6.61 Å². The van der Waals surface area contributed by atoms with Crippen LogP contribution in [0.2, 0.25) is 0 Å². The molecule has 4 nitrogen and oxygen atoms in total. The van der Waals surface area contributed by atoms with Crippen LogP contribution in [0.25, 0.3) is 5.65 Å². The Morgan fingerprint density at radius 1 is 1.04 bits per heavy atom. The second kappa shape index (κ2) is 5.21. The van der Waals surface area contributed by atoms with Crippen LogP contribution in [0, 0.1) is 23.2 Å². The predicted molar refractivity (Wildman–Crippen MR) is 98.8 cm³/mol. The van der Waals surface area contributed by atoms with Gasteiger partial charge in [-0.25, -0.2) is 4.40 Å². The molecule has 0 atom stereocenters. The van der Waals surface area contributed by atoms with Crippen molar-refractivity contribution in [3.63, 3.8) is 0 Å². The van der Waals surface area contributed by atoms with Gasteiger partial charge in [-0.1, -0.05) is 0 Å². The number of aromatic nitrogens is 3. The van der Waals surface area contributed by atoms with Gasteiger partial charge in [0.25, 0.3) is 0 Å². The third-order valence-electron chi connectivity index (χ3n) is 7.21. The molecule has 7 rings (SSSR count).